The Morgan fingerprint density at radius 1 is 1.29 bits per heavy atom. The van der Waals surface area contributed by atoms with Gasteiger partial charge in [0.25, 0.3) is 0 Å². The van der Waals surface area contributed by atoms with Crippen molar-refractivity contribution >= 4 is 49.4 Å². The lowest BCUT2D eigenvalue weighted by Gasteiger charge is -2.04. The molecular formula is C9H8Br2ClNO. The molecule has 0 saturated carbocycles. The van der Waals surface area contributed by atoms with Crippen LogP contribution in [0.5, 0.6) is 0 Å². The summed E-state index contributed by atoms with van der Waals surface area (Å²) in [5.41, 5.74) is 1.02. The van der Waals surface area contributed by atoms with Gasteiger partial charge in [0, 0.05) is 15.5 Å². The number of benzene rings is 1. The maximum Gasteiger partial charge on any atom is 0.235 e. The van der Waals surface area contributed by atoms with E-state index in [1.165, 1.54) is 0 Å². The third-order valence-corrected chi connectivity index (χ3v) is 2.69. The number of rotatable bonds is 3. The van der Waals surface area contributed by atoms with Gasteiger partial charge in [-0.2, -0.15) is 0 Å². The first-order chi connectivity index (χ1) is 6.61. The van der Waals surface area contributed by atoms with E-state index in [9.17, 15) is 4.79 Å². The van der Waals surface area contributed by atoms with Crippen LogP contribution in [0.15, 0.2) is 27.1 Å². The van der Waals surface area contributed by atoms with Crippen LogP contribution in [0, 0.1) is 0 Å². The van der Waals surface area contributed by atoms with E-state index < -0.39 is 0 Å². The van der Waals surface area contributed by atoms with Crippen LogP contribution in [-0.2, 0) is 11.3 Å². The van der Waals surface area contributed by atoms with Crippen molar-refractivity contribution < 1.29 is 4.79 Å². The molecule has 0 fully saturated rings. The molecule has 14 heavy (non-hydrogen) atoms. The summed E-state index contributed by atoms with van der Waals surface area (Å²) in [7, 11) is 0. The molecular weight excluding hydrogens is 333 g/mol. The van der Waals surface area contributed by atoms with Crippen LogP contribution in [0.3, 0.4) is 0 Å². The number of alkyl halides is 1. The van der Waals surface area contributed by atoms with Crippen LogP contribution in [0.1, 0.15) is 5.56 Å². The summed E-state index contributed by atoms with van der Waals surface area (Å²) in [6.45, 7) is 0.490. The van der Waals surface area contributed by atoms with Crippen molar-refractivity contribution in [1.82, 2.24) is 5.32 Å². The summed E-state index contributed by atoms with van der Waals surface area (Å²) in [4.78, 5) is 10.9. The first-order valence-electron chi connectivity index (χ1n) is 3.89. The molecule has 0 saturated heterocycles. The highest BCUT2D eigenvalue weighted by Crippen LogP contribution is 2.19. The molecule has 1 N–H and O–H groups in total. The minimum atomic E-state index is -0.164. The Morgan fingerprint density at radius 2 is 1.86 bits per heavy atom. The second-order valence-electron chi connectivity index (χ2n) is 2.69. The Kier molecular flexibility index (Phi) is 4.92. The first kappa shape index (κ1) is 12.0. The SMILES string of the molecule is O=C(CCl)NCc1cc(Br)cc(Br)c1. The maximum absolute atomic E-state index is 10.9. The number of hydrogen-bond donors (Lipinski definition) is 1. The fourth-order valence-corrected chi connectivity index (χ4v) is 2.44. The van der Waals surface area contributed by atoms with E-state index in [0.29, 0.717) is 6.54 Å². The van der Waals surface area contributed by atoms with Crippen LogP contribution in [0.2, 0.25) is 0 Å². The molecule has 0 spiro atoms. The van der Waals surface area contributed by atoms with Gasteiger partial charge in [-0.15, -0.1) is 11.6 Å². The van der Waals surface area contributed by atoms with Crippen molar-refractivity contribution in [2.24, 2.45) is 0 Å². The number of carbonyl (C=O) groups excluding carboxylic acids is 1. The van der Waals surface area contributed by atoms with Crippen molar-refractivity contribution in [3.05, 3.63) is 32.7 Å². The number of carbonyl (C=O) groups is 1. The maximum atomic E-state index is 10.9. The summed E-state index contributed by atoms with van der Waals surface area (Å²) in [6, 6.07) is 5.82. The minimum Gasteiger partial charge on any atom is -0.351 e. The smallest absolute Gasteiger partial charge is 0.235 e. The monoisotopic (exact) mass is 339 g/mol. The van der Waals surface area contributed by atoms with Gasteiger partial charge in [0.15, 0.2) is 0 Å². The molecule has 0 aromatic heterocycles. The Balaban J connectivity index is 2.63. The molecule has 0 aliphatic heterocycles. The second-order valence-corrected chi connectivity index (χ2v) is 4.79. The molecule has 5 heteroatoms. The predicted molar refractivity (Wildman–Crippen MR) is 64.4 cm³/mol. The highest BCUT2D eigenvalue weighted by Gasteiger charge is 2.00. The lowest BCUT2D eigenvalue weighted by Crippen LogP contribution is -2.23. The summed E-state index contributed by atoms with van der Waals surface area (Å²) in [5.74, 6) is -0.169. The number of amides is 1. The van der Waals surface area contributed by atoms with Gasteiger partial charge in [-0.05, 0) is 23.8 Å². The molecule has 1 aromatic carbocycles. The van der Waals surface area contributed by atoms with E-state index >= 15 is 0 Å². The molecule has 1 amide bonds. The standard InChI is InChI=1S/C9H8Br2ClNO/c10-7-1-6(2-8(11)3-7)5-13-9(14)4-12/h1-3H,4-5H2,(H,13,14). The van der Waals surface area contributed by atoms with Gasteiger partial charge < -0.3 is 5.32 Å². The average molecular weight is 341 g/mol. The summed E-state index contributed by atoms with van der Waals surface area (Å²) >= 11 is 12.1. The van der Waals surface area contributed by atoms with Crippen molar-refractivity contribution in [2.75, 3.05) is 5.88 Å². The number of nitrogens with one attached hydrogen (secondary N) is 1. The quantitative estimate of drug-likeness (QED) is 0.841. The molecule has 0 aliphatic carbocycles. The molecule has 0 heterocycles. The molecule has 0 unspecified atom stereocenters. The minimum absolute atomic E-state index is 0.00479. The average Bonchev–Trinajstić information content (AvgIpc) is 2.12. The van der Waals surface area contributed by atoms with Crippen LogP contribution >= 0.6 is 43.5 Å². The molecule has 0 radical (unpaired) electrons. The van der Waals surface area contributed by atoms with Crippen molar-refractivity contribution in [1.29, 1.82) is 0 Å². The highest BCUT2D eigenvalue weighted by molar-refractivity contribution is 9.11. The highest BCUT2D eigenvalue weighted by atomic mass is 79.9. The van der Waals surface area contributed by atoms with E-state index in [4.69, 9.17) is 11.6 Å². The molecule has 0 bridgehead atoms. The summed E-state index contributed by atoms with van der Waals surface area (Å²) < 4.78 is 1.95. The molecule has 1 aromatic rings. The van der Waals surface area contributed by atoms with Crippen molar-refractivity contribution in [3.8, 4) is 0 Å². The second kappa shape index (κ2) is 5.73. The summed E-state index contributed by atoms with van der Waals surface area (Å²) in [6.07, 6.45) is 0. The first-order valence-corrected chi connectivity index (χ1v) is 6.01. The topological polar surface area (TPSA) is 29.1 Å². The molecule has 0 aliphatic rings. The molecule has 0 atom stereocenters. The summed E-state index contributed by atoms with van der Waals surface area (Å²) in [5, 5.41) is 2.69. The van der Waals surface area contributed by atoms with E-state index in [1.54, 1.807) is 0 Å². The largest absolute Gasteiger partial charge is 0.351 e. The lowest BCUT2D eigenvalue weighted by atomic mass is 10.2. The lowest BCUT2D eigenvalue weighted by molar-refractivity contribution is -0.118. The Hall–Kier alpha value is -0.0600. The van der Waals surface area contributed by atoms with Gasteiger partial charge in [-0.25, -0.2) is 0 Å². The van der Waals surface area contributed by atoms with Crippen LogP contribution in [0.25, 0.3) is 0 Å². The van der Waals surface area contributed by atoms with E-state index in [2.05, 4.69) is 37.2 Å². The Bertz CT molecular complexity index is 323. The van der Waals surface area contributed by atoms with Gasteiger partial charge in [0.1, 0.15) is 5.88 Å². The fraction of sp³-hybridized carbons (Fsp3) is 0.222. The van der Waals surface area contributed by atoms with E-state index in [0.717, 1.165) is 14.5 Å². The van der Waals surface area contributed by atoms with Crippen molar-refractivity contribution in [3.63, 3.8) is 0 Å². The third kappa shape index (κ3) is 3.98. The predicted octanol–water partition coefficient (Wildman–Crippen LogP) is 3.07. The Morgan fingerprint density at radius 3 is 2.36 bits per heavy atom. The molecule has 1 rings (SSSR count). The number of hydrogen-bond acceptors (Lipinski definition) is 1. The molecule has 2 nitrogen and oxygen atoms in total. The van der Waals surface area contributed by atoms with Gasteiger partial charge in [-0.3, -0.25) is 4.79 Å². The van der Waals surface area contributed by atoms with Gasteiger partial charge in [0.2, 0.25) is 5.91 Å². The van der Waals surface area contributed by atoms with Crippen LogP contribution in [-0.4, -0.2) is 11.8 Å². The number of halogens is 3. The van der Waals surface area contributed by atoms with Gasteiger partial charge >= 0.3 is 0 Å². The van der Waals surface area contributed by atoms with E-state index in [-0.39, 0.29) is 11.8 Å². The van der Waals surface area contributed by atoms with Crippen molar-refractivity contribution in [2.45, 2.75) is 6.54 Å². The zero-order valence-electron chi connectivity index (χ0n) is 7.19. The van der Waals surface area contributed by atoms with Crippen LogP contribution in [0.4, 0.5) is 0 Å². The fourth-order valence-electron chi connectivity index (χ4n) is 0.961. The normalized spacial score (nSPS) is 9.93. The zero-order chi connectivity index (χ0) is 10.6. The Labute approximate surface area is 104 Å². The van der Waals surface area contributed by atoms with Crippen LogP contribution < -0.4 is 5.32 Å². The molecule has 76 valence electrons. The third-order valence-electron chi connectivity index (χ3n) is 1.53. The zero-order valence-corrected chi connectivity index (χ0v) is 11.1. The van der Waals surface area contributed by atoms with E-state index in [1.807, 2.05) is 18.2 Å². The van der Waals surface area contributed by atoms with Gasteiger partial charge in [0.05, 0.1) is 0 Å². The van der Waals surface area contributed by atoms with Gasteiger partial charge in [-0.1, -0.05) is 31.9 Å².